The predicted molar refractivity (Wildman–Crippen MR) is 63.6 cm³/mol. The Bertz CT molecular complexity index is 385. The van der Waals surface area contributed by atoms with E-state index in [9.17, 15) is 4.79 Å². The van der Waals surface area contributed by atoms with Gasteiger partial charge in [-0.15, -0.1) is 0 Å². The molecule has 0 atom stereocenters. The van der Waals surface area contributed by atoms with E-state index in [4.69, 9.17) is 5.11 Å². The molecule has 1 aromatic rings. The summed E-state index contributed by atoms with van der Waals surface area (Å²) in [5, 5.41) is 12.9. The van der Waals surface area contributed by atoms with Crippen molar-refractivity contribution in [1.29, 1.82) is 0 Å². The molecule has 1 heterocycles. The van der Waals surface area contributed by atoms with Crippen molar-refractivity contribution in [2.75, 3.05) is 13.2 Å². The van der Waals surface area contributed by atoms with Crippen molar-refractivity contribution in [3.8, 4) is 0 Å². The van der Waals surface area contributed by atoms with Gasteiger partial charge in [0, 0.05) is 32.4 Å². The maximum atomic E-state index is 12.3. The minimum Gasteiger partial charge on any atom is -0.396 e. The Balaban J connectivity index is 2.06. The fourth-order valence-electron chi connectivity index (χ4n) is 2.09. The number of carbonyl (C=O) groups is 1. The SMILES string of the molecule is Cn1cc(C(=O)N(CCCO)C2CCC2)cn1. The Labute approximate surface area is 101 Å². The molecule has 1 saturated carbocycles. The molecule has 0 bridgehead atoms. The van der Waals surface area contributed by atoms with Crippen molar-refractivity contribution in [3.63, 3.8) is 0 Å². The lowest BCUT2D eigenvalue weighted by molar-refractivity contribution is 0.0562. The highest BCUT2D eigenvalue weighted by Gasteiger charge is 2.29. The average Bonchev–Trinajstić information content (AvgIpc) is 2.67. The number of amides is 1. The highest BCUT2D eigenvalue weighted by atomic mass is 16.3. The van der Waals surface area contributed by atoms with Gasteiger partial charge >= 0.3 is 0 Å². The van der Waals surface area contributed by atoms with Gasteiger partial charge in [-0.25, -0.2) is 0 Å². The molecule has 0 unspecified atom stereocenters. The molecule has 2 rings (SSSR count). The number of hydrogen-bond acceptors (Lipinski definition) is 3. The lowest BCUT2D eigenvalue weighted by Crippen LogP contribution is -2.44. The molecule has 94 valence electrons. The number of aliphatic hydroxyl groups excluding tert-OH is 1. The fourth-order valence-corrected chi connectivity index (χ4v) is 2.09. The van der Waals surface area contributed by atoms with E-state index < -0.39 is 0 Å². The maximum absolute atomic E-state index is 12.3. The Kier molecular flexibility index (Phi) is 3.78. The summed E-state index contributed by atoms with van der Waals surface area (Å²) in [5.74, 6) is 0.0382. The number of aliphatic hydroxyl groups is 1. The second-order valence-electron chi connectivity index (χ2n) is 4.56. The van der Waals surface area contributed by atoms with Gasteiger partial charge in [0.15, 0.2) is 0 Å². The molecule has 0 spiro atoms. The van der Waals surface area contributed by atoms with Gasteiger partial charge in [-0.1, -0.05) is 0 Å². The number of carbonyl (C=O) groups excluding carboxylic acids is 1. The van der Waals surface area contributed by atoms with Gasteiger partial charge in [0.1, 0.15) is 0 Å². The largest absolute Gasteiger partial charge is 0.396 e. The molecule has 1 N–H and O–H groups in total. The van der Waals surface area contributed by atoms with Gasteiger partial charge in [-0.2, -0.15) is 5.10 Å². The average molecular weight is 237 g/mol. The van der Waals surface area contributed by atoms with Crippen molar-refractivity contribution in [3.05, 3.63) is 18.0 Å². The Hall–Kier alpha value is -1.36. The second kappa shape index (κ2) is 5.31. The van der Waals surface area contributed by atoms with Crippen molar-refractivity contribution in [2.24, 2.45) is 7.05 Å². The van der Waals surface area contributed by atoms with Crippen LogP contribution in [0.1, 0.15) is 36.0 Å². The molecule has 0 aromatic carbocycles. The Morgan fingerprint density at radius 2 is 2.41 bits per heavy atom. The molecule has 1 aromatic heterocycles. The zero-order chi connectivity index (χ0) is 12.3. The van der Waals surface area contributed by atoms with E-state index in [2.05, 4.69) is 5.10 Å². The summed E-state index contributed by atoms with van der Waals surface area (Å²) in [6.45, 7) is 0.762. The van der Waals surface area contributed by atoms with E-state index in [1.165, 1.54) is 6.42 Å². The summed E-state index contributed by atoms with van der Waals surface area (Å²) in [7, 11) is 1.80. The van der Waals surface area contributed by atoms with Gasteiger partial charge in [-0.05, 0) is 25.7 Å². The molecule has 17 heavy (non-hydrogen) atoms. The standard InChI is InChI=1S/C12H19N3O2/c1-14-9-10(8-13-14)12(17)15(6-3-7-16)11-4-2-5-11/h8-9,11,16H,2-7H2,1H3. The molecular weight excluding hydrogens is 218 g/mol. The Morgan fingerprint density at radius 3 is 2.88 bits per heavy atom. The minimum absolute atomic E-state index is 0.0382. The van der Waals surface area contributed by atoms with E-state index in [0.717, 1.165) is 12.8 Å². The fraction of sp³-hybridized carbons (Fsp3) is 0.667. The first kappa shape index (κ1) is 12.1. The third kappa shape index (κ3) is 2.66. The second-order valence-corrected chi connectivity index (χ2v) is 4.56. The third-order valence-corrected chi connectivity index (χ3v) is 3.29. The summed E-state index contributed by atoms with van der Waals surface area (Å²) in [5.41, 5.74) is 0.636. The highest BCUT2D eigenvalue weighted by molar-refractivity contribution is 5.94. The number of aromatic nitrogens is 2. The van der Waals surface area contributed by atoms with Crippen LogP contribution in [0.25, 0.3) is 0 Å². The molecule has 0 radical (unpaired) electrons. The van der Waals surface area contributed by atoms with Crippen LogP contribution in [-0.4, -0.2) is 44.9 Å². The van der Waals surface area contributed by atoms with E-state index >= 15 is 0 Å². The van der Waals surface area contributed by atoms with Gasteiger partial charge in [-0.3, -0.25) is 9.48 Å². The number of aryl methyl sites for hydroxylation is 1. The first-order valence-electron chi connectivity index (χ1n) is 6.13. The van der Waals surface area contributed by atoms with Gasteiger partial charge in [0.25, 0.3) is 5.91 Å². The van der Waals surface area contributed by atoms with Crippen LogP contribution in [0.2, 0.25) is 0 Å². The van der Waals surface area contributed by atoms with E-state index in [0.29, 0.717) is 24.6 Å². The smallest absolute Gasteiger partial charge is 0.257 e. The van der Waals surface area contributed by atoms with Crippen LogP contribution in [0.15, 0.2) is 12.4 Å². The maximum Gasteiger partial charge on any atom is 0.257 e. The molecule has 5 nitrogen and oxygen atoms in total. The first-order valence-corrected chi connectivity index (χ1v) is 6.13. The summed E-state index contributed by atoms with van der Waals surface area (Å²) in [6, 6.07) is 0.356. The van der Waals surface area contributed by atoms with Crippen molar-refractivity contribution in [2.45, 2.75) is 31.7 Å². The summed E-state index contributed by atoms with van der Waals surface area (Å²) in [4.78, 5) is 14.2. The monoisotopic (exact) mass is 237 g/mol. The zero-order valence-electron chi connectivity index (χ0n) is 10.2. The van der Waals surface area contributed by atoms with Crippen LogP contribution >= 0.6 is 0 Å². The van der Waals surface area contributed by atoms with E-state index in [-0.39, 0.29) is 12.5 Å². The van der Waals surface area contributed by atoms with Gasteiger partial charge in [0.2, 0.25) is 0 Å². The molecule has 1 fully saturated rings. The predicted octanol–water partition coefficient (Wildman–Crippen LogP) is 0.797. The number of hydrogen-bond donors (Lipinski definition) is 1. The Morgan fingerprint density at radius 1 is 1.65 bits per heavy atom. The van der Waals surface area contributed by atoms with Crippen molar-refractivity contribution < 1.29 is 9.90 Å². The molecular formula is C12H19N3O2. The van der Waals surface area contributed by atoms with Crippen LogP contribution in [0.3, 0.4) is 0 Å². The lowest BCUT2D eigenvalue weighted by atomic mass is 9.91. The van der Waals surface area contributed by atoms with Crippen LogP contribution in [0.4, 0.5) is 0 Å². The highest BCUT2D eigenvalue weighted by Crippen LogP contribution is 2.26. The van der Waals surface area contributed by atoms with Crippen LogP contribution < -0.4 is 0 Å². The van der Waals surface area contributed by atoms with Crippen LogP contribution in [0.5, 0.6) is 0 Å². The van der Waals surface area contributed by atoms with Crippen LogP contribution in [-0.2, 0) is 7.05 Å². The summed E-state index contributed by atoms with van der Waals surface area (Å²) >= 11 is 0. The summed E-state index contributed by atoms with van der Waals surface area (Å²) < 4.78 is 1.64. The topological polar surface area (TPSA) is 58.4 Å². The van der Waals surface area contributed by atoms with E-state index in [1.54, 1.807) is 24.1 Å². The van der Waals surface area contributed by atoms with Gasteiger partial charge < -0.3 is 10.0 Å². The van der Waals surface area contributed by atoms with Gasteiger partial charge in [0.05, 0.1) is 11.8 Å². The molecule has 0 aliphatic heterocycles. The van der Waals surface area contributed by atoms with Crippen molar-refractivity contribution >= 4 is 5.91 Å². The number of rotatable bonds is 5. The minimum atomic E-state index is 0.0382. The first-order chi connectivity index (χ1) is 8.22. The van der Waals surface area contributed by atoms with E-state index in [1.807, 2.05) is 4.90 Å². The summed E-state index contributed by atoms with van der Waals surface area (Å²) in [6.07, 6.45) is 7.35. The van der Waals surface area contributed by atoms with Crippen LogP contribution in [0, 0.1) is 0 Å². The molecule has 5 heteroatoms. The zero-order valence-corrected chi connectivity index (χ0v) is 10.2. The molecule has 1 aliphatic rings. The normalized spacial score (nSPS) is 15.6. The molecule has 1 aliphatic carbocycles. The van der Waals surface area contributed by atoms with Crippen molar-refractivity contribution in [1.82, 2.24) is 14.7 Å². The molecule has 1 amide bonds. The quantitative estimate of drug-likeness (QED) is 0.824. The lowest BCUT2D eigenvalue weighted by Gasteiger charge is -2.37. The molecule has 0 saturated heterocycles. The third-order valence-electron chi connectivity index (χ3n) is 3.29. The number of nitrogens with zero attached hydrogens (tertiary/aromatic N) is 3.